The molecule has 0 radical (unpaired) electrons. The Kier molecular flexibility index (Phi) is 8.27. The largest absolute Gasteiger partial charge is 0.383 e. The van der Waals surface area contributed by atoms with Crippen LogP contribution in [0.25, 0.3) is 0 Å². The monoisotopic (exact) mass is 444 g/mol. The van der Waals surface area contributed by atoms with Gasteiger partial charge in [0, 0.05) is 35.3 Å². The summed E-state index contributed by atoms with van der Waals surface area (Å²) >= 11 is 12.0. The molecule has 0 unspecified atom stereocenters. The Morgan fingerprint density at radius 1 is 1.14 bits per heavy atom. The molecular weight excluding hydrogens is 423 g/mol. The maximum absolute atomic E-state index is 12.3. The van der Waals surface area contributed by atoms with Gasteiger partial charge in [0.2, 0.25) is 15.9 Å². The van der Waals surface area contributed by atoms with Gasteiger partial charge in [0.15, 0.2) is 0 Å². The Hall–Kier alpha value is -1.64. The maximum atomic E-state index is 12.3. The van der Waals surface area contributed by atoms with E-state index in [4.69, 9.17) is 27.9 Å². The first-order valence-electron chi connectivity index (χ1n) is 8.56. The molecule has 9 heteroatoms. The zero-order valence-electron chi connectivity index (χ0n) is 15.5. The summed E-state index contributed by atoms with van der Waals surface area (Å²) in [6.45, 7) is 1.98. The van der Waals surface area contributed by atoms with Crippen LogP contribution in [0, 0.1) is 0 Å². The highest BCUT2D eigenvalue weighted by molar-refractivity contribution is 7.89. The fourth-order valence-corrected chi connectivity index (χ4v) is 4.26. The van der Waals surface area contributed by atoms with Gasteiger partial charge >= 0.3 is 0 Å². The van der Waals surface area contributed by atoms with Crippen molar-refractivity contribution in [3.8, 4) is 0 Å². The van der Waals surface area contributed by atoms with Crippen LogP contribution >= 0.6 is 23.2 Å². The first kappa shape index (κ1) is 22.6. The third-order valence-corrected chi connectivity index (χ3v) is 6.05. The number of sulfonamides is 1. The van der Waals surface area contributed by atoms with Crippen LogP contribution in [0.15, 0.2) is 47.4 Å². The zero-order valence-corrected chi connectivity index (χ0v) is 17.9. The number of anilines is 1. The maximum Gasteiger partial charge on any atom is 0.240 e. The lowest BCUT2D eigenvalue weighted by atomic mass is 10.1. The first-order valence-corrected chi connectivity index (χ1v) is 10.8. The molecule has 1 atom stereocenters. The van der Waals surface area contributed by atoms with Gasteiger partial charge in [0.1, 0.15) is 0 Å². The molecule has 0 saturated carbocycles. The summed E-state index contributed by atoms with van der Waals surface area (Å²) in [7, 11) is -2.15. The lowest BCUT2D eigenvalue weighted by Gasteiger charge is -2.13. The van der Waals surface area contributed by atoms with Gasteiger partial charge in [0.25, 0.3) is 0 Å². The summed E-state index contributed by atoms with van der Waals surface area (Å²) in [5, 5.41) is 3.80. The number of nitrogens with one attached hydrogen (secondary N) is 2. The highest BCUT2D eigenvalue weighted by Crippen LogP contribution is 2.22. The molecule has 6 nitrogen and oxygen atoms in total. The number of ether oxygens (including phenoxy) is 1. The third kappa shape index (κ3) is 6.76. The van der Waals surface area contributed by atoms with E-state index in [0.29, 0.717) is 22.2 Å². The molecule has 0 aromatic heterocycles. The number of carbonyl (C=O) groups is 1. The highest BCUT2D eigenvalue weighted by atomic mass is 35.5. The number of methoxy groups -OCH3 is 1. The SMILES string of the molecule is COC[C@H](C)NS(=O)(=O)c1ccc(NC(=O)CCc2ccc(Cl)cc2Cl)cc1. The second-order valence-corrected chi connectivity index (χ2v) is 8.84. The van der Waals surface area contributed by atoms with Crippen molar-refractivity contribution in [2.45, 2.75) is 30.7 Å². The lowest BCUT2D eigenvalue weighted by molar-refractivity contribution is -0.116. The molecule has 0 aliphatic carbocycles. The van der Waals surface area contributed by atoms with Gasteiger partial charge < -0.3 is 10.1 Å². The minimum atomic E-state index is -3.65. The van der Waals surface area contributed by atoms with E-state index >= 15 is 0 Å². The van der Waals surface area contributed by atoms with E-state index < -0.39 is 10.0 Å². The normalized spacial score (nSPS) is 12.6. The van der Waals surface area contributed by atoms with Gasteiger partial charge in [-0.15, -0.1) is 0 Å². The molecule has 0 spiro atoms. The second kappa shape index (κ2) is 10.2. The van der Waals surface area contributed by atoms with Crippen molar-refractivity contribution in [1.82, 2.24) is 4.72 Å². The summed E-state index contributed by atoms with van der Waals surface area (Å²) in [6, 6.07) is 10.8. The molecule has 2 rings (SSSR count). The van der Waals surface area contributed by atoms with Crippen LogP contribution in [0.1, 0.15) is 18.9 Å². The van der Waals surface area contributed by atoms with Crippen molar-refractivity contribution >= 4 is 44.8 Å². The zero-order chi connectivity index (χ0) is 20.7. The van der Waals surface area contributed by atoms with Crippen molar-refractivity contribution in [2.24, 2.45) is 0 Å². The summed E-state index contributed by atoms with van der Waals surface area (Å²) in [4.78, 5) is 12.3. The van der Waals surface area contributed by atoms with Gasteiger partial charge in [-0.05, 0) is 55.3 Å². The van der Waals surface area contributed by atoms with Gasteiger partial charge in [-0.2, -0.15) is 0 Å². The summed E-state index contributed by atoms with van der Waals surface area (Å²) in [6.07, 6.45) is 0.701. The fourth-order valence-electron chi connectivity index (χ4n) is 2.53. The van der Waals surface area contributed by atoms with Crippen LogP contribution in [0.3, 0.4) is 0 Å². The fraction of sp³-hybridized carbons (Fsp3) is 0.316. The topological polar surface area (TPSA) is 84.5 Å². The number of hydrogen-bond donors (Lipinski definition) is 2. The Balaban J connectivity index is 1.93. The number of halogens is 2. The van der Waals surface area contributed by atoms with E-state index in [-0.39, 0.29) is 29.9 Å². The number of rotatable bonds is 9. The first-order chi connectivity index (χ1) is 13.2. The van der Waals surface area contributed by atoms with Gasteiger partial charge in [-0.3, -0.25) is 4.79 Å². The summed E-state index contributed by atoms with van der Waals surface area (Å²) < 4.78 is 32.0. The molecule has 2 aromatic rings. The van der Waals surface area contributed by atoms with Gasteiger partial charge in [0.05, 0.1) is 11.5 Å². The molecular formula is C19H22Cl2N2O4S. The van der Waals surface area contributed by atoms with E-state index in [0.717, 1.165) is 5.56 Å². The van der Waals surface area contributed by atoms with Crippen molar-refractivity contribution < 1.29 is 17.9 Å². The van der Waals surface area contributed by atoms with Crippen LogP contribution in [0.2, 0.25) is 10.0 Å². The Morgan fingerprint density at radius 2 is 1.82 bits per heavy atom. The Bertz CT molecular complexity index is 918. The third-order valence-electron chi connectivity index (χ3n) is 3.86. The molecule has 2 N–H and O–H groups in total. The van der Waals surface area contributed by atoms with Crippen LogP contribution in [0.4, 0.5) is 5.69 Å². The number of benzene rings is 2. The molecule has 0 aliphatic rings. The van der Waals surface area contributed by atoms with Crippen LogP contribution in [-0.4, -0.2) is 34.1 Å². The minimum Gasteiger partial charge on any atom is -0.383 e. The number of aryl methyl sites for hydroxylation is 1. The number of amides is 1. The minimum absolute atomic E-state index is 0.112. The molecule has 0 heterocycles. The molecule has 0 bridgehead atoms. The number of carbonyl (C=O) groups excluding carboxylic acids is 1. The molecule has 0 aliphatic heterocycles. The van der Waals surface area contributed by atoms with Crippen LogP contribution in [-0.2, 0) is 26.0 Å². The average molecular weight is 445 g/mol. The van der Waals surface area contributed by atoms with E-state index in [1.165, 1.54) is 19.2 Å². The Morgan fingerprint density at radius 3 is 2.43 bits per heavy atom. The van der Waals surface area contributed by atoms with Crippen molar-refractivity contribution in [2.75, 3.05) is 19.0 Å². The molecule has 1 amide bonds. The molecule has 2 aromatic carbocycles. The van der Waals surface area contributed by atoms with Gasteiger partial charge in [-0.1, -0.05) is 29.3 Å². The lowest BCUT2D eigenvalue weighted by Crippen LogP contribution is -2.35. The number of hydrogen-bond acceptors (Lipinski definition) is 4. The average Bonchev–Trinajstić information content (AvgIpc) is 2.61. The van der Waals surface area contributed by atoms with E-state index in [9.17, 15) is 13.2 Å². The molecule has 28 heavy (non-hydrogen) atoms. The highest BCUT2D eigenvalue weighted by Gasteiger charge is 2.17. The van der Waals surface area contributed by atoms with E-state index in [1.807, 2.05) is 0 Å². The predicted octanol–water partition coefficient (Wildman–Crippen LogP) is 3.88. The smallest absolute Gasteiger partial charge is 0.240 e. The predicted molar refractivity (Wildman–Crippen MR) is 112 cm³/mol. The summed E-state index contributed by atoms with van der Waals surface area (Å²) in [5.74, 6) is -0.200. The quantitative estimate of drug-likeness (QED) is 0.614. The standard InChI is InChI=1S/C19H22Cl2N2O4S/c1-13(12-27-2)23-28(25,26)17-8-6-16(7-9-17)22-19(24)10-4-14-3-5-15(20)11-18(14)21/h3,5-9,11,13,23H,4,10,12H2,1-2H3,(H,22,24)/t13-/m0/s1. The van der Waals surface area contributed by atoms with E-state index in [1.54, 1.807) is 37.3 Å². The molecule has 0 saturated heterocycles. The second-order valence-electron chi connectivity index (χ2n) is 6.29. The molecule has 0 fully saturated rings. The Labute approximate surface area is 175 Å². The van der Waals surface area contributed by atoms with Crippen molar-refractivity contribution in [3.05, 3.63) is 58.1 Å². The van der Waals surface area contributed by atoms with Crippen LogP contribution < -0.4 is 10.0 Å². The molecule has 152 valence electrons. The van der Waals surface area contributed by atoms with E-state index in [2.05, 4.69) is 10.0 Å². The van der Waals surface area contributed by atoms with Gasteiger partial charge in [-0.25, -0.2) is 13.1 Å². The van der Waals surface area contributed by atoms with Crippen LogP contribution in [0.5, 0.6) is 0 Å². The summed E-state index contributed by atoms with van der Waals surface area (Å²) in [5.41, 5.74) is 1.34. The van der Waals surface area contributed by atoms with Crippen molar-refractivity contribution in [1.29, 1.82) is 0 Å². The van der Waals surface area contributed by atoms with Crippen molar-refractivity contribution in [3.63, 3.8) is 0 Å².